The van der Waals surface area contributed by atoms with Crippen molar-refractivity contribution in [2.24, 2.45) is 5.92 Å². The molecule has 1 aliphatic heterocycles. The maximum atomic E-state index is 11.7. The number of ether oxygens (including phenoxy) is 1. The molecule has 92 valence electrons. The zero-order valence-electron chi connectivity index (χ0n) is 10.2. The molecule has 0 atom stereocenters. The van der Waals surface area contributed by atoms with E-state index in [1.807, 2.05) is 4.90 Å². The highest BCUT2D eigenvalue weighted by molar-refractivity contribution is 5.77. The van der Waals surface area contributed by atoms with Gasteiger partial charge in [-0.1, -0.05) is 0 Å². The van der Waals surface area contributed by atoms with Gasteiger partial charge in [0.15, 0.2) is 0 Å². The Morgan fingerprint density at radius 3 is 2.75 bits per heavy atom. The first-order valence-electron chi connectivity index (χ1n) is 6.28. The van der Waals surface area contributed by atoms with Crippen LogP contribution in [0.1, 0.15) is 19.3 Å². The van der Waals surface area contributed by atoms with Crippen LogP contribution in [0.2, 0.25) is 0 Å². The lowest BCUT2D eigenvalue weighted by Crippen LogP contribution is -2.37. The molecule has 1 saturated carbocycles. The predicted octanol–water partition coefficient (Wildman–Crippen LogP) is 0.577. The van der Waals surface area contributed by atoms with E-state index in [0.717, 1.165) is 38.5 Å². The topological polar surface area (TPSA) is 32.8 Å². The molecule has 0 spiro atoms. The molecule has 2 rings (SSSR count). The van der Waals surface area contributed by atoms with Crippen LogP contribution in [0.25, 0.3) is 0 Å². The second kappa shape index (κ2) is 5.64. The SMILES string of the molecule is COCC(=O)N1CCCN(CC2CC2)CC1. The van der Waals surface area contributed by atoms with Crippen LogP contribution >= 0.6 is 0 Å². The van der Waals surface area contributed by atoms with Gasteiger partial charge in [0.05, 0.1) is 0 Å². The molecular weight excluding hydrogens is 204 g/mol. The van der Waals surface area contributed by atoms with Crippen LogP contribution < -0.4 is 0 Å². The monoisotopic (exact) mass is 226 g/mol. The molecular formula is C12H22N2O2. The lowest BCUT2D eigenvalue weighted by Gasteiger charge is -2.21. The van der Waals surface area contributed by atoms with Gasteiger partial charge < -0.3 is 14.5 Å². The lowest BCUT2D eigenvalue weighted by molar-refractivity contribution is -0.135. The van der Waals surface area contributed by atoms with E-state index in [4.69, 9.17) is 4.74 Å². The summed E-state index contributed by atoms with van der Waals surface area (Å²) in [5.41, 5.74) is 0. The van der Waals surface area contributed by atoms with Crippen molar-refractivity contribution in [3.63, 3.8) is 0 Å². The van der Waals surface area contributed by atoms with Crippen LogP contribution in [-0.2, 0) is 9.53 Å². The molecule has 0 aromatic heterocycles. The molecule has 1 saturated heterocycles. The Morgan fingerprint density at radius 2 is 2.06 bits per heavy atom. The number of rotatable bonds is 4. The van der Waals surface area contributed by atoms with Crippen LogP contribution in [0.15, 0.2) is 0 Å². The molecule has 0 aromatic carbocycles. The Morgan fingerprint density at radius 1 is 1.25 bits per heavy atom. The average molecular weight is 226 g/mol. The summed E-state index contributed by atoms with van der Waals surface area (Å²) in [6, 6.07) is 0. The first-order chi connectivity index (χ1) is 7.79. The first-order valence-corrected chi connectivity index (χ1v) is 6.28. The summed E-state index contributed by atoms with van der Waals surface area (Å²) < 4.78 is 4.89. The third-order valence-corrected chi connectivity index (χ3v) is 3.42. The van der Waals surface area contributed by atoms with Crippen molar-refractivity contribution in [2.45, 2.75) is 19.3 Å². The standard InChI is InChI=1S/C12H22N2O2/c1-16-10-12(15)14-6-2-5-13(7-8-14)9-11-3-4-11/h11H,2-10H2,1H3. The molecule has 0 unspecified atom stereocenters. The number of carbonyl (C=O) groups is 1. The van der Waals surface area contributed by atoms with E-state index in [1.54, 1.807) is 7.11 Å². The summed E-state index contributed by atoms with van der Waals surface area (Å²) in [6.07, 6.45) is 3.91. The molecule has 0 radical (unpaired) electrons. The van der Waals surface area contributed by atoms with Crippen molar-refractivity contribution < 1.29 is 9.53 Å². The minimum Gasteiger partial charge on any atom is -0.375 e. The van der Waals surface area contributed by atoms with Gasteiger partial charge in [-0.15, -0.1) is 0 Å². The largest absolute Gasteiger partial charge is 0.375 e. The summed E-state index contributed by atoms with van der Waals surface area (Å²) >= 11 is 0. The third kappa shape index (κ3) is 3.46. The van der Waals surface area contributed by atoms with Gasteiger partial charge in [-0.2, -0.15) is 0 Å². The van der Waals surface area contributed by atoms with Crippen molar-refractivity contribution >= 4 is 5.91 Å². The van der Waals surface area contributed by atoms with Crippen LogP contribution in [0.5, 0.6) is 0 Å². The smallest absolute Gasteiger partial charge is 0.248 e. The van der Waals surface area contributed by atoms with E-state index in [9.17, 15) is 4.79 Å². The van der Waals surface area contributed by atoms with E-state index >= 15 is 0 Å². The number of amides is 1. The van der Waals surface area contributed by atoms with Crippen molar-refractivity contribution in [3.8, 4) is 0 Å². The fourth-order valence-electron chi connectivity index (χ4n) is 2.28. The fraction of sp³-hybridized carbons (Fsp3) is 0.917. The Balaban J connectivity index is 1.75. The summed E-state index contributed by atoms with van der Waals surface area (Å²) in [5.74, 6) is 1.08. The van der Waals surface area contributed by atoms with E-state index in [-0.39, 0.29) is 12.5 Å². The highest BCUT2D eigenvalue weighted by Crippen LogP contribution is 2.29. The van der Waals surface area contributed by atoms with Crippen LogP contribution in [0.4, 0.5) is 0 Å². The van der Waals surface area contributed by atoms with Gasteiger partial charge in [0.25, 0.3) is 0 Å². The van der Waals surface area contributed by atoms with Crippen LogP contribution in [0, 0.1) is 5.92 Å². The zero-order chi connectivity index (χ0) is 11.4. The molecule has 2 fully saturated rings. The Hall–Kier alpha value is -0.610. The van der Waals surface area contributed by atoms with Crippen molar-refractivity contribution in [1.29, 1.82) is 0 Å². The normalized spacial score (nSPS) is 23.2. The van der Waals surface area contributed by atoms with Crippen LogP contribution in [-0.4, -0.2) is 62.1 Å². The van der Waals surface area contributed by atoms with Crippen molar-refractivity contribution in [1.82, 2.24) is 9.80 Å². The number of methoxy groups -OCH3 is 1. The number of hydrogen-bond acceptors (Lipinski definition) is 3. The molecule has 0 bridgehead atoms. The molecule has 4 heteroatoms. The zero-order valence-corrected chi connectivity index (χ0v) is 10.2. The lowest BCUT2D eigenvalue weighted by atomic mass is 10.3. The summed E-state index contributed by atoms with van der Waals surface area (Å²) in [4.78, 5) is 16.1. The second-order valence-corrected chi connectivity index (χ2v) is 4.91. The molecule has 1 aliphatic carbocycles. The van der Waals surface area contributed by atoms with Crippen LogP contribution in [0.3, 0.4) is 0 Å². The molecule has 0 aromatic rings. The van der Waals surface area contributed by atoms with Gasteiger partial charge in [0.1, 0.15) is 6.61 Å². The van der Waals surface area contributed by atoms with Gasteiger partial charge in [0.2, 0.25) is 5.91 Å². The molecule has 1 amide bonds. The Bertz CT molecular complexity index is 241. The maximum absolute atomic E-state index is 11.7. The van der Waals surface area contributed by atoms with Gasteiger partial charge in [-0.25, -0.2) is 0 Å². The summed E-state index contributed by atoms with van der Waals surface area (Å²) in [7, 11) is 1.58. The maximum Gasteiger partial charge on any atom is 0.248 e. The highest BCUT2D eigenvalue weighted by Gasteiger charge is 2.26. The van der Waals surface area contributed by atoms with Gasteiger partial charge in [-0.05, 0) is 31.7 Å². The molecule has 0 N–H and O–H groups in total. The summed E-state index contributed by atoms with van der Waals surface area (Å²) in [5, 5.41) is 0. The number of hydrogen-bond donors (Lipinski definition) is 0. The fourth-order valence-corrected chi connectivity index (χ4v) is 2.28. The minimum atomic E-state index is 0.135. The van der Waals surface area contributed by atoms with E-state index in [0.29, 0.717) is 0 Å². The molecule has 2 aliphatic rings. The van der Waals surface area contributed by atoms with Crippen molar-refractivity contribution in [3.05, 3.63) is 0 Å². The van der Waals surface area contributed by atoms with Crippen molar-refractivity contribution in [2.75, 3.05) is 46.4 Å². The van der Waals surface area contributed by atoms with E-state index in [2.05, 4.69) is 4.90 Å². The number of carbonyl (C=O) groups excluding carboxylic acids is 1. The first kappa shape index (κ1) is 11.9. The predicted molar refractivity (Wildman–Crippen MR) is 62.2 cm³/mol. The highest BCUT2D eigenvalue weighted by atomic mass is 16.5. The van der Waals surface area contributed by atoms with Gasteiger partial charge >= 0.3 is 0 Å². The second-order valence-electron chi connectivity index (χ2n) is 4.91. The third-order valence-electron chi connectivity index (χ3n) is 3.42. The summed E-state index contributed by atoms with van der Waals surface area (Å²) in [6.45, 7) is 5.41. The average Bonchev–Trinajstić information content (AvgIpc) is 3.06. The quantitative estimate of drug-likeness (QED) is 0.703. The van der Waals surface area contributed by atoms with Gasteiger partial charge in [-0.3, -0.25) is 4.79 Å². The molecule has 1 heterocycles. The Labute approximate surface area is 97.5 Å². The molecule has 4 nitrogen and oxygen atoms in total. The van der Waals surface area contributed by atoms with E-state index in [1.165, 1.54) is 19.4 Å². The molecule has 16 heavy (non-hydrogen) atoms. The van der Waals surface area contributed by atoms with E-state index < -0.39 is 0 Å². The minimum absolute atomic E-state index is 0.135. The number of nitrogens with zero attached hydrogens (tertiary/aromatic N) is 2. The van der Waals surface area contributed by atoms with Gasteiger partial charge in [0, 0.05) is 33.3 Å². The Kier molecular flexibility index (Phi) is 4.18.